The maximum Gasteiger partial charge on any atom is 0.239 e. The number of rotatable bonds is 4. The summed E-state index contributed by atoms with van der Waals surface area (Å²) in [6, 6.07) is 9.47. The lowest BCUT2D eigenvalue weighted by atomic mass is 10.1. The van der Waals surface area contributed by atoms with Crippen molar-refractivity contribution in [2.75, 3.05) is 0 Å². The van der Waals surface area contributed by atoms with Crippen LogP contribution in [0.15, 0.2) is 48.2 Å². The van der Waals surface area contributed by atoms with Gasteiger partial charge < -0.3 is 0 Å². The van der Waals surface area contributed by atoms with Crippen molar-refractivity contribution < 1.29 is 4.79 Å². The van der Waals surface area contributed by atoms with Crippen LogP contribution >= 0.6 is 0 Å². The van der Waals surface area contributed by atoms with E-state index < -0.39 is 0 Å². The Labute approximate surface area is 103 Å². The minimum atomic E-state index is -0.169. The van der Waals surface area contributed by atoms with E-state index in [0.717, 1.165) is 18.4 Å². The molecule has 0 radical (unpaired) electrons. The summed E-state index contributed by atoms with van der Waals surface area (Å²) < 4.78 is 0. The van der Waals surface area contributed by atoms with Crippen LogP contribution in [-0.2, 0) is 4.79 Å². The maximum absolute atomic E-state index is 11.7. The normalized spacial score (nSPS) is 8.76. The van der Waals surface area contributed by atoms with Crippen LogP contribution in [-0.4, -0.2) is 5.78 Å². The Morgan fingerprint density at radius 2 is 2.00 bits per heavy atom. The lowest BCUT2D eigenvalue weighted by Crippen LogP contribution is -1.98. The van der Waals surface area contributed by atoms with Gasteiger partial charge in [0.2, 0.25) is 5.78 Å². The van der Waals surface area contributed by atoms with Crippen molar-refractivity contribution in [3.63, 3.8) is 0 Å². The Kier molecular flexibility index (Phi) is 5.58. The summed E-state index contributed by atoms with van der Waals surface area (Å²) >= 11 is 0. The number of carbonyl (C=O) groups is 1. The van der Waals surface area contributed by atoms with Gasteiger partial charge >= 0.3 is 0 Å². The quantitative estimate of drug-likeness (QED) is 0.434. The molecule has 1 nitrogen and oxygen atoms in total. The van der Waals surface area contributed by atoms with E-state index in [0.29, 0.717) is 12.0 Å². The first-order valence-electron chi connectivity index (χ1n) is 5.78. The van der Waals surface area contributed by atoms with Crippen LogP contribution in [0.5, 0.6) is 0 Å². The monoisotopic (exact) mass is 224 g/mol. The molecule has 0 aliphatic carbocycles. The van der Waals surface area contributed by atoms with Crippen LogP contribution in [0.3, 0.4) is 0 Å². The summed E-state index contributed by atoms with van der Waals surface area (Å²) in [4.78, 5) is 11.7. The Morgan fingerprint density at radius 1 is 1.29 bits per heavy atom. The lowest BCUT2D eigenvalue weighted by molar-refractivity contribution is -0.110. The summed E-state index contributed by atoms with van der Waals surface area (Å²) in [5.41, 5.74) is 4.13. The molecule has 1 rings (SSSR count). The zero-order valence-corrected chi connectivity index (χ0v) is 10.1. The van der Waals surface area contributed by atoms with Crippen molar-refractivity contribution in [3.05, 3.63) is 53.8 Å². The van der Waals surface area contributed by atoms with Crippen molar-refractivity contribution in [1.82, 2.24) is 0 Å². The summed E-state index contributed by atoms with van der Waals surface area (Å²) in [7, 11) is 0. The number of Topliss-reactive ketones (excluding diaryl/α,β-unsaturated/α-hetero) is 1. The molecular formula is C16H16O. The van der Waals surface area contributed by atoms with Crippen LogP contribution < -0.4 is 0 Å². The Morgan fingerprint density at radius 3 is 2.59 bits per heavy atom. The van der Waals surface area contributed by atoms with Crippen LogP contribution in [0.4, 0.5) is 0 Å². The van der Waals surface area contributed by atoms with E-state index in [-0.39, 0.29) is 5.78 Å². The Hall–Kier alpha value is -2.03. The molecule has 0 saturated heterocycles. The van der Waals surface area contributed by atoms with Crippen LogP contribution in [0.1, 0.15) is 31.7 Å². The average Bonchev–Trinajstić information content (AvgIpc) is 2.38. The van der Waals surface area contributed by atoms with Gasteiger partial charge in [-0.15, -0.1) is 5.73 Å². The molecule has 0 heterocycles. The van der Waals surface area contributed by atoms with Crippen molar-refractivity contribution in [1.29, 1.82) is 0 Å². The third-order valence-corrected chi connectivity index (χ3v) is 2.36. The van der Waals surface area contributed by atoms with Gasteiger partial charge in [-0.25, -0.2) is 0 Å². The number of hydrogen-bond acceptors (Lipinski definition) is 1. The minimum absolute atomic E-state index is 0.169. The molecule has 0 saturated carbocycles. The molecular weight excluding hydrogens is 208 g/mol. The van der Waals surface area contributed by atoms with E-state index in [1.807, 2.05) is 30.3 Å². The highest BCUT2D eigenvalue weighted by atomic mass is 16.1. The fourth-order valence-electron chi connectivity index (χ4n) is 1.36. The summed E-state index contributed by atoms with van der Waals surface area (Å²) in [5.74, 6) is 5.31. The number of benzene rings is 1. The summed E-state index contributed by atoms with van der Waals surface area (Å²) in [6.45, 7) is 5.62. The topological polar surface area (TPSA) is 17.1 Å². The summed E-state index contributed by atoms with van der Waals surface area (Å²) in [6.07, 6.45) is 2.73. The molecule has 0 atom stereocenters. The minimum Gasteiger partial charge on any atom is -0.279 e. The molecule has 0 aliphatic heterocycles. The van der Waals surface area contributed by atoms with E-state index in [4.69, 9.17) is 0 Å². The molecule has 0 aromatic heterocycles. The van der Waals surface area contributed by atoms with Gasteiger partial charge in [-0.3, -0.25) is 4.79 Å². The van der Waals surface area contributed by atoms with Gasteiger partial charge in [0.25, 0.3) is 0 Å². The third-order valence-electron chi connectivity index (χ3n) is 2.36. The molecule has 17 heavy (non-hydrogen) atoms. The second kappa shape index (κ2) is 7.28. The van der Waals surface area contributed by atoms with Crippen molar-refractivity contribution in [3.8, 4) is 11.8 Å². The molecule has 0 fully saturated rings. The first-order chi connectivity index (χ1) is 8.27. The van der Waals surface area contributed by atoms with Gasteiger partial charge in [-0.1, -0.05) is 44.0 Å². The third kappa shape index (κ3) is 4.55. The fraction of sp³-hybridized carbons (Fsp3) is 0.250. The average molecular weight is 224 g/mol. The van der Waals surface area contributed by atoms with Gasteiger partial charge in [0.1, 0.15) is 0 Å². The Bertz CT molecular complexity index is 479. The fourth-order valence-corrected chi connectivity index (χ4v) is 1.36. The van der Waals surface area contributed by atoms with E-state index >= 15 is 0 Å². The van der Waals surface area contributed by atoms with Gasteiger partial charge in [0.15, 0.2) is 0 Å². The predicted octanol–water partition coefficient (Wildman–Crippen LogP) is 3.51. The molecule has 86 valence electrons. The van der Waals surface area contributed by atoms with E-state index in [1.165, 1.54) is 0 Å². The zero-order valence-electron chi connectivity index (χ0n) is 10.1. The smallest absolute Gasteiger partial charge is 0.239 e. The number of carbonyl (C=O) groups excluding carboxylic acids is 1. The second-order valence-corrected chi connectivity index (χ2v) is 3.70. The first kappa shape index (κ1) is 13.0. The molecule has 0 N–H and O–H groups in total. The number of hydrogen-bond donors (Lipinski definition) is 0. The highest BCUT2D eigenvalue weighted by Crippen LogP contribution is 2.06. The molecule has 0 spiro atoms. The number of unbranched alkanes of at least 4 members (excludes halogenated alkanes) is 1. The van der Waals surface area contributed by atoms with Gasteiger partial charge in [-0.2, -0.15) is 0 Å². The molecule has 1 aromatic rings. The van der Waals surface area contributed by atoms with E-state index in [2.05, 4.69) is 31.1 Å². The second-order valence-electron chi connectivity index (χ2n) is 3.70. The zero-order chi connectivity index (χ0) is 12.5. The van der Waals surface area contributed by atoms with Crippen LogP contribution in [0.25, 0.3) is 0 Å². The first-order valence-corrected chi connectivity index (χ1v) is 5.78. The highest BCUT2D eigenvalue weighted by Gasteiger charge is 2.04. The van der Waals surface area contributed by atoms with E-state index in [1.54, 1.807) is 0 Å². The van der Waals surface area contributed by atoms with Crippen molar-refractivity contribution in [2.45, 2.75) is 26.2 Å². The molecule has 0 bridgehead atoms. The number of allylic oxidation sites excluding steroid dienone is 1. The largest absolute Gasteiger partial charge is 0.279 e. The van der Waals surface area contributed by atoms with Crippen LogP contribution in [0.2, 0.25) is 0 Å². The molecule has 1 aromatic carbocycles. The predicted molar refractivity (Wildman–Crippen MR) is 70.5 cm³/mol. The Balaban J connectivity index is 2.72. The SMILES string of the molecule is C=C=C(CCCC)C(=O)C#Cc1ccccc1. The maximum atomic E-state index is 11.7. The molecule has 1 heteroatoms. The van der Waals surface area contributed by atoms with Gasteiger partial charge in [0.05, 0.1) is 0 Å². The van der Waals surface area contributed by atoms with Gasteiger partial charge in [0, 0.05) is 11.1 Å². The summed E-state index contributed by atoms with van der Waals surface area (Å²) in [5, 5.41) is 0. The van der Waals surface area contributed by atoms with Crippen molar-refractivity contribution >= 4 is 5.78 Å². The van der Waals surface area contributed by atoms with Crippen LogP contribution in [0, 0.1) is 11.8 Å². The lowest BCUT2D eigenvalue weighted by Gasteiger charge is -1.96. The van der Waals surface area contributed by atoms with Crippen molar-refractivity contribution in [2.24, 2.45) is 0 Å². The highest BCUT2D eigenvalue weighted by molar-refractivity contribution is 6.08. The number of ketones is 1. The van der Waals surface area contributed by atoms with E-state index in [9.17, 15) is 4.79 Å². The standard InChI is InChI=1S/C16H16O/c1-3-5-11-15(4-2)16(17)13-12-14-9-7-6-8-10-14/h6-10H,2-3,5,11H2,1H3. The van der Waals surface area contributed by atoms with Gasteiger partial charge in [-0.05, 0) is 30.9 Å². The molecule has 0 aliphatic rings. The molecule has 0 amide bonds. The molecule has 0 unspecified atom stereocenters.